The van der Waals surface area contributed by atoms with Gasteiger partial charge in [-0.25, -0.2) is 9.67 Å². The number of hydrogen-bond acceptors (Lipinski definition) is 5. The molecule has 0 aliphatic heterocycles. The largest absolute Gasteiger partial charge is 0.481 e. The van der Waals surface area contributed by atoms with Crippen LogP contribution >= 0.6 is 15.9 Å². The van der Waals surface area contributed by atoms with Gasteiger partial charge < -0.3 is 10.1 Å². The molecule has 100 valence electrons. The van der Waals surface area contributed by atoms with E-state index in [9.17, 15) is 4.79 Å². The van der Waals surface area contributed by atoms with Crippen molar-refractivity contribution in [2.45, 2.75) is 6.54 Å². The molecular formula is C12H13BrN4O2. The molecule has 0 saturated heterocycles. The molecule has 0 fully saturated rings. The summed E-state index contributed by atoms with van der Waals surface area (Å²) in [5.74, 6) is 0.558. The van der Waals surface area contributed by atoms with Crippen LogP contribution in [0, 0.1) is 0 Å². The minimum Gasteiger partial charge on any atom is -0.481 e. The van der Waals surface area contributed by atoms with Gasteiger partial charge in [0.25, 0.3) is 5.56 Å². The molecule has 0 bridgehead atoms. The number of nitrogens with one attached hydrogen (secondary N) is 1. The molecule has 19 heavy (non-hydrogen) atoms. The summed E-state index contributed by atoms with van der Waals surface area (Å²) in [5, 5.41) is 7.09. The molecule has 0 spiro atoms. The van der Waals surface area contributed by atoms with Crippen molar-refractivity contribution in [3.63, 3.8) is 0 Å². The third-order valence-electron chi connectivity index (χ3n) is 2.59. The number of aryl methyl sites for hydroxylation is 1. The molecule has 1 N–H and O–H groups in total. The van der Waals surface area contributed by atoms with Crippen LogP contribution in [0.5, 0.6) is 5.88 Å². The number of nitrogens with zero attached hydrogens (tertiary/aromatic N) is 3. The Hall–Kier alpha value is -1.89. The van der Waals surface area contributed by atoms with Gasteiger partial charge in [-0.15, -0.1) is 0 Å². The van der Waals surface area contributed by atoms with E-state index in [2.05, 4.69) is 31.3 Å². The molecule has 0 amide bonds. The van der Waals surface area contributed by atoms with Crippen LogP contribution in [-0.4, -0.2) is 21.9 Å². The Morgan fingerprint density at radius 3 is 3.05 bits per heavy atom. The fourth-order valence-electron chi connectivity index (χ4n) is 1.57. The third kappa shape index (κ3) is 2.93. The summed E-state index contributed by atoms with van der Waals surface area (Å²) in [6.07, 6.45) is 3.26. The SMILES string of the molecule is COc1ncccc1CNc1cnn(C)c(=O)c1Br. The first kappa shape index (κ1) is 13.5. The van der Waals surface area contributed by atoms with Crippen molar-refractivity contribution in [1.29, 1.82) is 0 Å². The Morgan fingerprint density at radius 2 is 2.32 bits per heavy atom. The maximum atomic E-state index is 11.7. The van der Waals surface area contributed by atoms with Crippen LogP contribution in [0.1, 0.15) is 5.56 Å². The second-order valence-corrected chi connectivity index (χ2v) is 4.62. The molecule has 7 heteroatoms. The Bertz CT molecular complexity index is 642. The van der Waals surface area contributed by atoms with E-state index < -0.39 is 0 Å². The van der Waals surface area contributed by atoms with E-state index in [1.165, 1.54) is 4.68 Å². The smallest absolute Gasteiger partial charge is 0.282 e. The summed E-state index contributed by atoms with van der Waals surface area (Å²) < 4.78 is 6.88. The summed E-state index contributed by atoms with van der Waals surface area (Å²) in [7, 11) is 3.17. The minimum absolute atomic E-state index is 0.192. The fourth-order valence-corrected chi connectivity index (χ4v) is 2.07. The van der Waals surface area contributed by atoms with Crippen LogP contribution in [0.25, 0.3) is 0 Å². The highest BCUT2D eigenvalue weighted by Gasteiger charge is 2.08. The Balaban J connectivity index is 2.19. The quantitative estimate of drug-likeness (QED) is 0.924. The minimum atomic E-state index is -0.192. The van der Waals surface area contributed by atoms with Gasteiger partial charge in [0.2, 0.25) is 5.88 Å². The highest BCUT2D eigenvalue weighted by atomic mass is 79.9. The zero-order chi connectivity index (χ0) is 13.8. The Labute approximate surface area is 118 Å². The molecule has 2 aromatic heterocycles. The number of methoxy groups -OCH3 is 1. The second kappa shape index (κ2) is 5.83. The van der Waals surface area contributed by atoms with E-state index in [1.807, 2.05) is 12.1 Å². The van der Waals surface area contributed by atoms with E-state index in [0.29, 0.717) is 22.6 Å². The van der Waals surface area contributed by atoms with Crippen LogP contribution in [0.4, 0.5) is 5.69 Å². The van der Waals surface area contributed by atoms with Gasteiger partial charge >= 0.3 is 0 Å². The van der Waals surface area contributed by atoms with Gasteiger partial charge in [0.15, 0.2) is 0 Å². The van der Waals surface area contributed by atoms with Gasteiger partial charge in [0.1, 0.15) is 4.47 Å². The number of rotatable bonds is 4. The molecule has 0 saturated carbocycles. The Morgan fingerprint density at radius 1 is 1.53 bits per heavy atom. The van der Waals surface area contributed by atoms with Crippen molar-refractivity contribution < 1.29 is 4.74 Å². The first-order chi connectivity index (χ1) is 9.13. The number of ether oxygens (including phenoxy) is 1. The summed E-state index contributed by atoms with van der Waals surface area (Å²) in [6, 6.07) is 3.73. The average molecular weight is 325 g/mol. The van der Waals surface area contributed by atoms with Gasteiger partial charge in [0.05, 0.1) is 19.0 Å². The molecule has 0 unspecified atom stereocenters. The predicted molar refractivity (Wildman–Crippen MR) is 75.3 cm³/mol. The lowest BCUT2D eigenvalue weighted by Gasteiger charge is -2.10. The van der Waals surface area contributed by atoms with Gasteiger partial charge in [-0.3, -0.25) is 4.79 Å². The van der Waals surface area contributed by atoms with Crippen molar-refractivity contribution in [2.24, 2.45) is 7.05 Å². The highest BCUT2D eigenvalue weighted by molar-refractivity contribution is 9.10. The number of hydrogen-bond donors (Lipinski definition) is 1. The molecule has 2 rings (SSSR count). The lowest BCUT2D eigenvalue weighted by Crippen LogP contribution is -2.21. The first-order valence-corrected chi connectivity index (χ1v) is 6.36. The van der Waals surface area contributed by atoms with Gasteiger partial charge in [-0.1, -0.05) is 6.07 Å². The lowest BCUT2D eigenvalue weighted by atomic mass is 10.2. The zero-order valence-electron chi connectivity index (χ0n) is 10.6. The first-order valence-electron chi connectivity index (χ1n) is 5.57. The standard InChI is InChI=1S/C12H13BrN4O2/c1-17-12(18)10(13)9(7-16-17)15-6-8-4-3-5-14-11(8)19-2/h3-5,7,15H,6H2,1-2H3. The van der Waals surface area contributed by atoms with Gasteiger partial charge in [-0.05, 0) is 22.0 Å². The maximum absolute atomic E-state index is 11.7. The molecule has 0 atom stereocenters. The average Bonchev–Trinajstić information content (AvgIpc) is 2.44. The van der Waals surface area contributed by atoms with Crippen LogP contribution in [0.15, 0.2) is 33.8 Å². The number of aromatic nitrogens is 3. The monoisotopic (exact) mass is 324 g/mol. The molecule has 0 aliphatic rings. The molecule has 0 aromatic carbocycles. The van der Waals surface area contributed by atoms with Crippen molar-refractivity contribution in [3.05, 3.63) is 44.9 Å². The highest BCUT2D eigenvalue weighted by Crippen LogP contribution is 2.19. The molecule has 2 heterocycles. The summed E-state index contributed by atoms with van der Waals surface area (Å²) in [6.45, 7) is 0.491. The molecule has 0 radical (unpaired) electrons. The molecular weight excluding hydrogens is 312 g/mol. The third-order valence-corrected chi connectivity index (χ3v) is 3.36. The van der Waals surface area contributed by atoms with Crippen molar-refractivity contribution in [3.8, 4) is 5.88 Å². The van der Waals surface area contributed by atoms with E-state index in [4.69, 9.17) is 4.74 Å². The van der Waals surface area contributed by atoms with E-state index >= 15 is 0 Å². The molecule has 2 aromatic rings. The number of halogens is 1. The zero-order valence-corrected chi connectivity index (χ0v) is 12.1. The van der Waals surface area contributed by atoms with Crippen molar-refractivity contribution >= 4 is 21.6 Å². The van der Waals surface area contributed by atoms with Crippen LogP contribution in [0.2, 0.25) is 0 Å². The summed E-state index contributed by atoms with van der Waals surface area (Å²) in [5.41, 5.74) is 1.34. The lowest BCUT2D eigenvalue weighted by molar-refractivity contribution is 0.393. The van der Waals surface area contributed by atoms with Crippen LogP contribution < -0.4 is 15.6 Å². The second-order valence-electron chi connectivity index (χ2n) is 3.83. The Kier molecular flexibility index (Phi) is 4.16. The van der Waals surface area contributed by atoms with Crippen molar-refractivity contribution in [2.75, 3.05) is 12.4 Å². The fraction of sp³-hybridized carbons (Fsp3) is 0.250. The summed E-state index contributed by atoms with van der Waals surface area (Å²) in [4.78, 5) is 15.8. The predicted octanol–water partition coefficient (Wildman–Crippen LogP) is 1.56. The van der Waals surface area contributed by atoms with Gasteiger partial charge in [-0.2, -0.15) is 5.10 Å². The van der Waals surface area contributed by atoms with E-state index in [-0.39, 0.29) is 5.56 Å². The topological polar surface area (TPSA) is 69.0 Å². The maximum Gasteiger partial charge on any atom is 0.282 e. The molecule has 0 aliphatic carbocycles. The van der Waals surface area contributed by atoms with Crippen molar-refractivity contribution in [1.82, 2.24) is 14.8 Å². The number of pyridine rings is 1. The van der Waals surface area contributed by atoms with Crippen LogP contribution in [-0.2, 0) is 13.6 Å². The summed E-state index contributed by atoms with van der Waals surface area (Å²) >= 11 is 3.26. The van der Waals surface area contributed by atoms with E-state index in [1.54, 1.807) is 26.6 Å². The normalized spacial score (nSPS) is 10.3. The van der Waals surface area contributed by atoms with Gasteiger partial charge in [0, 0.05) is 25.4 Å². The number of anilines is 1. The van der Waals surface area contributed by atoms with E-state index in [0.717, 1.165) is 5.56 Å². The van der Waals surface area contributed by atoms with Crippen LogP contribution in [0.3, 0.4) is 0 Å². The molecule has 6 nitrogen and oxygen atoms in total.